The molecule has 1 atom stereocenters. The highest BCUT2D eigenvalue weighted by Gasteiger charge is 2.11. The lowest BCUT2D eigenvalue weighted by Crippen LogP contribution is -2.19. The molecule has 1 aromatic carbocycles. The Bertz CT molecular complexity index is 507. The van der Waals surface area contributed by atoms with Gasteiger partial charge in [0.15, 0.2) is 17.4 Å². The number of hydrogen-bond donors (Lipinski definition) is 3. The van der Waals surface area contributed by atoms with E-state index in [0.717, 1.165) is 12.1 Å². The minimum atomic E-state index is -0.973. The number of rotatable bonds is 4. The molecule has 2 aromatic rings. The molecular formula is C11H12F2N4O. The molecule has 0 bridgehead atoms. The zero-order valence-electron chi connectivity index (χ0n) is 9.61. The fourth-order valence-electron chi connectivity index (χ4n) is 1.51. The van der Waals surface area contributed by atoms with Gasteiger partial charge in [-0.15, -0.1) is 0 Å². The molecule has 1 heterocycles. The van der Waals surface area contributed by atoms with Gasteiger partial charge in [0.2, 0.25) is 0 Å². The standard InChI is InChI=1S/C11H12F2N4O/c1-6(11-15-5-16-17-11)14-4-7-2-8(12)10(18)9(13)3-7/h2-3,5-6,14,18H,4H2,1H3,(H,15,16,17). The molecule has 2 rings (SSSR count). The molecule has 96 valence electrons. The normalized spacial score (nSPS) is 12.6. The van der Waals surface area contributed by atoms with Gasteiger partial charge in [0.05, 0.1) is 6.04 Å². The van der Waals surface area contributed by atoms with Crippen LogP contribution in [0, 0.1) is 11.6 Å². The van der Waals surface area contributed by atoms with Crippen molar-refractivity contribution < 1.29 is 13.9 Å². The van der Waals surface area contributed by atoms with Crippen LogP contribution in [-0.2, 0) is 6.54 Å². The minimum Gasteiger partial charge on any atom is -0.503 e. The third kappa shape index (κ3) is 2.62. The van der Waals surface area contributed by atoms with Gasteiger partial charge in [-0.3, -0.25) is 5.10 Å². The number of H-pyrrole nitrogens is 1. The molecule has 0 aliphatic carbocycles. The number of nitrogens with one attached hydrogen (secondary N) is 2. The van der Waals surface area contributed by atoms with Crippen LogP contribution >= 0.6 is 0 Å². The van der Waals surface area contributed by atoms with Crippen molar-refractivity contribution in [2.24, 2.45) is 0 Å². The van der Waals surface area contributed by atoms with Crippen molar-refractivity contribution in [1.82, 2.24) is 20.5 Å². The van der Waals surface area contributed by atoms with Crippen LogP contribution in [0.4, 0.5) is 8.78 Å². The fraction of sp³-hybridized carbons (Fsp3) is 0.273. The SMILES string of the molecule is CC(NCc1cc(F)c(O)c(F)c1)c1ncn[nH]1. The van der Waals surface area contributed by atoms with E-state index in [2.05, 4.69) is 20.5 Å². The number of benzene rings is 1. The van der Waals surface area contributed by atoms with Gasteiger partial charge in [-0.05, 0) is 24.6 Å². The van der Waals surface area contributed by atoms with Gasteiger partial charge in [0.25, 0.3) is 0 Å². The first-order valence-corrected chi connectivity index (χ1v) is 5.33. The topological polar surface area (TPSA) is 73.8 Å². The van der Waals surface area contributed by atoms with Gasteiger partial charge in [-0.25, -0.2) is 13.8 Å². The smallest absolute Gasteiger partial charge is 0.187 e. The van der Waals surface area contributed by atoms with Gasteiger partial charge in [0, 0.05) is 6.54 Å². The molecule has 1 aromatic heterocycles. The van der Waals surface area contributed by atoms with E-state index in [-0.39, 0.29) is 12.6 Å². The third-order valence-corrected chi connectivity index (χ3v) is 2.53. The Labute approximate surface area is 102 Å². The first kappa shape index (κ1) is 12.4. The van der Waals surface area contributed by atoms with Gasteiger partial charge < -0.3 is 10.4 Å². The predicted molar refractivity (Wildman–Crippen MR) is 59.7 cm³/mol. The average Bonchev–Trinajstić information content (AvgIpc) is 2.86. The van der Waals surface area contributed by atoms with Gasteiger partial charge in [-0.2, -0.15) is 5.10 Å². The maximum atomic E-state index is 13.1. The summed E-state index contributed by atoms with van der Waals surface area (Å²) in [4.78, 5) is 3.96. The van der Waals surface area contributed by atoms with Crippen molar-refractivity contribution in [1.29, 1.82) is 0 Å². The van der Waals surface area contributed by atoms with Crippen molar-refractivity contribution in [2.45, 2.75) is 19.5 Å². The Morgan fingerprint density at radius 3 is 2.61 bits per heavy atom. The maximum absolute atomic E-state index is 13.1. The molecule has 0 aliphatic rings. The Balaban J connectivity index is 2.02. The lowest BCUT2D eigenvalue weighted by molar-refractivity contribution is 0.394. The van der Waals surface area contributed by atoms with Crippen LogP contribution in [0.3, 0.4) is 0 Å². The van der Waals surface area contributed by atoms with Crippen LogP contribution in [-0.4, -0.2) is 20.3 Å². The highest BCUT2D eigenvalue weighted by molar-refractivity contribution is 5.30. The third-order valence-electron chi connectivity index (χ3n) is 2.53. The van der Waals surface area contributed by atoms with Crippen molar-refractivity contribution >= 4 is 0 Å². The highest BCUT2D eigenvalue weighted by Crippen LogP contribution is 2.21. The molecule has 3 N–H and O–H groups in total. The Kier molecular flexibility index (Phi) is 3.52. The molecule has 1 unspecified atom stereocenters. The monoisotopic (exact) mass is 254 g/mol. The number of aromatic hydroxyl groups is 1. The largest absolute Gasteiger partial charge is 0.503 e. The summed E-state index contributed by atoms with van der Waals surface area (Å²) in [5.41, 5.74) is 0.397. The number of aromatic amines is 1. The van der Waals surface area contributed by atoms with Crippen LogP contribution in [0.1, 0.15) is 24.4 Å². The first-order valence-electron chi connectivity index (χ1n) is 5.33. The second-order valence-corrected chi connectivity index (χ2v) is 3.88. The number of halogens is 2. The summed E-state index contributed by atoms with van der Waals surface area (Å²) in [6.45, 7) is 2.09. The number of aromatic nitrogens is 3. The van der Waals surface area contributed by atoms with Gasteiger partial charge in [-0.1, -0.05) is 0 Å². The summed E-state index contributed by atoms with van der Waals surface area (Å²) in [6.07, 6.45) is 1.38. The summed E-state index contributed by atoms with van der Waals surface area (Å²) < 4.78 is 26.2. The van der Waals surface area contributed by atoms with E-state index in [9.17, 15) is 8.78 Å². The lowest BCUT2D eigenvalue weighted by atomic mass is 10.2. The molecule has 7 heteroatoms. The molecule has 0 amide bonds. The summed E-state index contributed by atoms with van der Waals surface area (Å²) in [5.74, 6) is -2.27. The molecule has 18 heavy (non-hydrogen) atoms. The highest BCUT2D eigenvalue weighted by atomic mass is 19.1. The average molecular weight is 254 g/mol. The van der Waals surface area contributed by atoms with Crippen molar-refractivity contribution in [3.05, 3.63) is 41.5 Å². The molecular weight excluding hydrogens is 242 g/mol. The predicted octanol–water partition coefficient (Wildman–Crippen LogP) is 1.64. The van der Waals surface area contributed by atoms with Gasteiger partial charge >= 0.3 is 0 Å². The summed E-state index contributed by atoms with van der Waals surface area (Å²) in [5, 5.41) is 18.4. The quantitative estimate of drug-likeness (QED) is 0.775. The molecule has 0 radical (unpaired) electrons. The molecule has 0 saturated heterocycles. The van der Waals surface area contributed by atoms with Gasteiger partial charge in [0.1, 0.15) is 12.2 Å². The lowest BCUT2D eigenvalue weighted by Gasteiger charge is -2.11. The van der Waals surface area contributed by atoms with E-state index in [0.29, 0.717) is 11.4 Å². The van der Waals surface area contributed by atoms with E-state index in [1.54, 1.807) is 0 Å². The van der Waals surface area contributed by atoms with E-state index in [4.69, 9.17) is 5.11 Å². The fourth-order valence-corrected chi connectivity index (χ4v) is 1.51. The summed E-state index contributed by atoms with van der Waals surface area (Å²) in [7, 11) is 0. The summed E-state index contributed by atoms with van der Waals surface area (Å²) in [6, 6.07) is 2.03. The Morgan fingerprint density at radius 2 is 2.06 bits per heavy atom. The second kappa shape index (κ2) is 5.09. The Morgan fingerprint density at radius 1 is 1.39 bits per heavy atom. The minimum absolute atomic E-state index is 0.132. The van der Waals surface area contributed by atoms with Crippen LogP contribution in [0.25, 0.3) is 0 Å². The van der Waals surface area contributed by atoms with E-state index < -0.39 is 17.4 Å². The molecule has 5 nitrogen and oxygen atoms in total. The molecule has 0 aliphatic heterocycles. The van der Waals surface area contributed by atoms with Crippen LogP contribution < -0.4 is 5.32 Å². The zero-order chi connectivity index (χ0) is 13.1. The first-order chi connectivity index (χ1) is 8.58. The van der Waals surface area contributed by atoms with E-state index >= 15 is 0 Å². The van der Waals surface area contributed by atoms with Crippen LogP contribution in [0.5, 0.6) is 5.75 Å². The van der Waals surface area contributed by atoms with Crippen molar-refractivity contribution in [3.63, 3.8) is 0 Å². The van der Waals surface area contributed by atoms with E-state index in [1.807, 2.05) is 6.92 Å². The van der Waals surface area contributed by atoms with E-state index in [1.165, 1.54) is 6.33 Å². The number of phenols is 1. The van der Waals surface area contributed by atoms with Crippen molar-refractivity contribution in [3.8, 4) is 5.75 Å². The van der Waals surface area contributed by atoms with Crippen LogP contribution in [0.2, 0.25) is 0 Å². The molecule has 0 fully saturated rings. The maximum Gasteiger partial charge on any atom is 0.187 e. The second-order valence-electron chi connectivity index (χ2n) is 3.88. The number of phenolic OH excluding ortho intramolecular Hbond substituents is 1. The summed E-state index contributed by atoms with van der Waals surface area (Å²) >= 11 is 0. The number of nitrogens with zero attached hydrogens (tertiary/aromatic N) is 2. The van der Waals surface area contributed by atoms with Crippen molar-refractivity contribution in [2.75, 3.05) is 0 Å². The van der Waals surface area contributed by atoms with Crippen LogP contribution in [0.15, 0.2) is 18.5 Å². The zero-order valence-corrected chi connectivity index (χ0v) is 9.61. The molecule has 0 saturated carbocycles. The Hall–Kier alpha value is -2.02. The number of hydrogen-bond acceptors (Lipinski definition) is 4. The molecule has 0 spiro atoms.